The zero-order valence-electron chi connectivity index (χ0n) is 11.7. The van der Waals surface area contributed by atoms with Crippen molar-refractivity contribution < 1.29 is 4.79 Å². The fraction of sp³-hybridized carbons (Fsp3) is 0.929. The minimum Gasteiger partial charge on any atom is -0.342 e. The van der Waals surface area contributed by atoms with Crippen LogP contribution in [0, 0.1) is 11.8 Å². The van der Waals surface area contributed by atoms with Gasteiger partial charge in [0.15, 0.2) is 0 Å². The van der Waals surface area contributed by atoms with E-state index in [2.05, 4.69) is 34.6 Å². The molecule has 2 heteroatoms. The molecule has 96 valence electrons. The molecule has 0 aliphatic carbocycles. The molecule has 1 unspecified atom stereocenters. The first kappa shape index (κ1) is 15.5. The summed E-state index contributed by atoms with van der Waals surface area (Å²) in [6.45, 7) is 12.0. The largest absolute Gasteiger partial charge is 0.342 e. The van der Waals surface area contributed by atoms with Gasteiger partial charge in [0.25, 0.3) is 0 Å². The Hall–Kier alpha value is -0.530. The standard InChI is InChI=1S/C14H29NO/c1-6-7-8-9-15(11-16)14(13(4)5)10-12(2)3/h11-14H,6-10H2,1-5H3. The Morgan fingerprint density at radius 3 is 2.12 bits per heavy atom. The third-order valence-corrected chi connectivity index (χ3v) is 3.06. The van der Waals surface area contributed by atoms with E-state index in [4.69, 9.17) is 0 Å². The summed E-state index contributed by atoms with van der Waals surface area (Å²) >= 11 is 0. The predicted octanol–water partition coefficient (Wildman–Crippen LogP) is 3.71. The summed E-state index contributed by atoms with van der Waals surface area (Å²) < 4.78 is 0. The fourth-order valence-corrected chi connectivity index (χ4v) is 2.11. The van der Waals surface area contributed by atoms with E-state index in [1.807, 2.05) is 4.90 Å². The molecule has 0 saturated carbocycles. The van der Waals surface area contributed by atoms with Crippen LogP contribution in [0.2, 0.25) is 0 Å². The van der Waals surface area contributed by atoms with Crippen LogP contribution in [0.5, 0.6) is 0 Å². The number of carbonyl (C=O) groups excluding carboxylic acids is 1. The summed E-state index contributed by atoms with van der Waals surface area (Å²) in [5.74, 6) is 1.20. The average molecular weight is 227 g/mol. The first-order chi connectivity index (χ1) is 7.52. The molecule has 0 aromatic carbocycles. The van der Waals surface area contributed by atoms with Crippen molar-refractivity contribution in [2.24, 2.45) is 11.8 Å². The molecule has 0 aromatic rings. The molecule has 1 atom stereocenters. The summed E-state index contributed by atoms with van der Waals surface area (Å²) in [5, 5.41) is 0. The molecular formula is C14H29NO. The van der Waals surface area contributed by atoms with Gasteiger partial charge in [-0.2, -0.15) is 0 Å². The van der Waals surface area contributed by atoms with Crippen molar-refractivity contribution in [3.63, 3.8) is 0 Å². The molecule has 0 spiro atoms. The summed E-state index contributed by atoms with van der Waals surface area (Å²) in [6, 6.07) is 0.411. The van der Waals surface area contributed by atoms with Crippen molar-refractivity contribution >= 4 is 6.41 Å². The highest BCUT2D eigenvalue weighted by molar-refractivity contribution is 5.47. The van der Waals surface area contributed by atoms with Crippen LogP contribution in [0.3, 0.4) is 0 Å². The van der Waals surface area contributed by atoms with Crippen LogP contribution in [-0.2, 0) is 4.79 Å². The van der Waals surface area contributed by atoms with Crippen LogP contribution in [0.15, 0.2) is 0 Å². The lowest BCUT2D eigenvalue weighted by Crippen LogP contribution is -2.39. The molecule has 16 heavy (non-hydrogen) atoms. The molecule has 0 aromatic heterocycles. The summed E-state index contributed by atoms with van der Waals surface area (Å²) in [5.41, 5.74) is 0. The zero-order chi connectivity index (χ0) is 12.6. The van der Waals surface area contributed by atoms with Crippen molar-refractivity contribution in [1.82, 2.24) is 4.90 Å². The highest BCUT2D eigenvalue weighted by Crippen LogP contribution is 2.18. The number of hydrogen-bond donors (Lipinski definition) is 0. The van der Waals surface area contributed by atoms with E-state index in [-0.39, 0.29) is 0 Å². The number of nitrogens with zero attached hydrogens (tertiary/aromatic N) is 1. The van der Waals surface area contributed by atoms with Gasteiger partial charge in [-0.25, -0.2) is 0 Å². The maximum absolute atomic E-state index is 11.2. The molecule has 1 amide bonds. The normalized spacial score (nSPS) is 13.2. The molecule has 0 saturated heterocycles. The van der Waals surface area contributed by atoms with E-state index < -0.39 is 0 Å². The van der Waals surface area contributed by atoms with Crippen LogP contribution in [0.4, 0.5) is 0 Å². The minimum absolute atomic E-state index is 0.411. The van der Waals surface area contributed by atoms with Crippen LogP contribution in [0.1, 0.15) is 60.3 Å². The Kier molecular flexibility index (Phi) is 8.32. The molecule has 0 N–H and O–H groups in total. The number of rotatable bonds is 9. The van der Waals surface area contributed by atoms with Crippen molar-refractivity contribution in [2.75, 3.05) is 6.54 Å². The second kappa shape index (κ2) is 8.60. The Balaban J connectivity index is 4.28. The maximum atomic E-state index is 11.2. The summed E-state index contributed by atoms with van der Waals surface area (Å²) in [6.07, 6.45) is 5.72. The van der Waals surface area contributed by atoms with Gasteiger partial charge in [0, 0.05) is 12.6 Å². The number of carbonyl (C=O) groups is 1. The maximum Gasteiger partial charge on any atom is 0.209 e. The lowest BCUT2D eigenvalue weighted by molar-refractivity contribution is -0.121. The Bertz CT molecular complexity index is 178. The van der Waals surface area contributed by atoms with Crippen LogP contribution >= 0.6 is 0 Å². The van der Waals surface area contributed by atoms with E-state index in [0.717, 1.165) is 25.8 Å². The second-order valence-electron chi connectivity index (χ2n) is 5.49. The van der Waals surface area contributed by atoms with E-state index in [1.54, 1.807) is 0 Å². The minimum atomic E-state index is 0.411. The van der Waals surface area contributed by atoms with Crippen molar-refractivity contribution in [3.8, 4) is 0 Å². The SMILES string of the molecule is CCCCCN(C=O)C(CC(C)C)C(C)C. The Morgan fingerprint density at radius 1 is 1.12 bits per heavy atom. The van der Waals surface area contributed by atoms with E-state index in [1.165, 1.54) is 12.8 Å². The molecule has 0 radical (unpaired) electrons. The first-order valence-electron chi connectivity index (χ1n) is 6.73. The molecule has 0 fully saturated rings. The highest BCUT2D eigenvalue weighted by Gasteiger charge is 2.21. The van der Waals surface area contributed by atoms with Crippen LogP contribution in [0.25, 0.3) is 0 Å². The quantitative estimate of drug-likeness (QED) is 0.434. The molecule has 2 nitrogen and oxygen atoms in total. The molecule has 0 bridgehead atoms. The topological polar surface area (TPSA) is 20.3 Å². The van der Waals surface area contributed by atoms with Gasteiger partial charge in [0.1, 0.15) is 0 Å². The van der Waals surface area contributed by atoms with Crippen molar-refractivity contribution in [3.05, 3.63) is 0 Å². The molecule has 0 heterocycles. The zero-order valence-corrected chi connectivity index (χ0v) is 11.7. The number of hydrogen-bond acceptors (Lipinski definition) is 1. The van der Waals surface area contributed by atoms with Gasteiger partial charge < -0.3 is 4.90 Å². The summed E-state index contributed by atoms with van der Waals surface area (Å²) in [4.78, 5) is 13.2. The predicted molar refractivity (Wildman–Crippen MR) is 70.4 cm³/mol. The van der Waals surface area contributed by atoms with Crippen LogP contribution < -0.4 is 0 Å². The van der Waals surface area contributed by atoms with Gasteiger partial charge in [-0.3, -0.25) is 4.79 Å². The fourth-order valence-electron chi connectivity index (χ4n) is 2.11. The molecule has 0 aliphatic rings. The third kappa shape index (κ3) is 6.14. The van der Waals surface area contributed by atoms with Crippen LogP contribution in [-0.4, -0.2) is 23.9 Å². The summed E-state index contributed by atoms with van der Waals surface area (Å²) in [7, 11) is 0. The average Bonchev–Trinajstić information content (AvgIpc) is 2.21. The lowest BCUT2D eigenvalue weighted by Gasteiger charge is -2.32. The third-order valence-electron chi connectivity index (χ3n) is 3.06. The van der Waals surface area contributed by atoms with Gasteiger partial charge >= 0.3 is 0 Å². The number of amides is 1. The number of unbranched alkanes of at least 4 members (excludes halogenated alkanes) is 2. The molecule has 0 rings (SSSR count). The lowest BCUT2D eigenvalue weighted by atomic mass is 9.93. The Labute approximate surface area is 101 Å². The molecule has 0 aliphatic heterocycles. The first-order valence-corrected chi connectivity index (χ1v) is 6.73. The van der Waals surface area contributed by atoms with E-state index >= 15 is 0 Å². The van der Waals surface area contributed by atoms with E-state index in [0.29, 0.717) is 17.9 Å². The Morgan fingerprint density at radius 2 is 1.75 bits per heavy atom. The highest BCUT2D eigenvalue weighted by atomic mass is 16.1. The van der Waals surface area contributed by atoms with Gasteiger partial charge in [-0.1, -0.05) is 47.5 Å². The van der Waals surface area contributed by atoms with Gasteiger partial charge in [-0.05, 0) is 24.7 Å². The van der Waals surface area contributed by atoms with Crippen molar-refractivity contribution in [2.45, 2.75) is 66.3 Å². The van der Waals surface area contributed by atoms with Gasteiger partial charge in [-0.15, -0.1) is 0 Å². The monoisotopic (exact) mass is 227 g/mol. The second-order valence-corrected chi connectivity index (χ2v) is 5.49. The molecular weight excluding hydrogens is 198 g/mol. The smallest absolute Gasteiger partial charge is 0.209 e. The van der Waals surface area contributed by atoms with Gasteiger partial charge in [0.05, 0.1) is 0 Å². The van der Waals surface area contributed by atoms with E-state index in [9.17, 15) is 4.79 Å². The van der Waals surface area contributed by atoms with Crippen molar-refractivity contribution in [1.29, 1.82) is 0 Å². The van der Waals surface area contributed by atoms with Gasteiger partial charge in [0.2, 0.25) is 6.41 Å².